The second kappa shape index (κ2) is 5.92. The average Bonchev–Trinajstić information content (AvgIpc) is 2.36. The summed E-state index contributed by atoms with van der Waals surface area (Å²) in [6, 6.07) is 5.47. The molecule has 0 aliphatic carbocycles. The van der Waals surface area contributed by atoms with Gasteiger partial charge in [0, 0.05) is 17.6 Å². The molecule has 1 aromatic carbocycles. The van der Waals surface area contributed by atoms with E-state index in [2.05, 4.69) is 19.2 Å². The van der Waals surface area contributed by atoms with Crippen molar-refractivity contribution in [1.29, 1.82) is 0 Å². The van der Waals surface area contributed by atoms with Gasteiger partial charge in [0.2, 0.25) is 0 Å². The lowest BCUT2D eigenvalue weighted by atomic mass is 9.83. The number of aliphatic hydroxyl groups excluding tert-OH is 1. The minimum Gasteiger partial charge on any atom is -0.508 e. The van der Waals surface area contributed by atoms with Gasteiger partial charge in [-0.25, -0.2) is 0 Å². The first kappa shape index (κ1) is 13.8. The van der Waals surface area contributed by atoms with Gasteiger partial charge in [-0.05, 0) is 43.5 Å². The van der Waals surface area contributed by atoms with Crippen LogP contribution < -0.4 is 5.32 Å². The number of phenols is 1. The number of aliphatic hydroxyl groups is 1. The maximum absolute atomic E-state index is 9.47. The Hall–Kier alpha value is -1.22. The van der Waals surface area contributed by atoms with Gasteiger partial charge in [-0.2, -0.15) is 0 Å². The predicted octanol–water partition coefficient (Wildman–Crippen LogP) is 2.91. The Kier molecular flexibility index (Phi) is 4.82. The molecule has 0 saturated carbocycles. The van der Waals surface area contributed by atoms with Crippen LogP contribution in [0.5, 0.6) is 5.75 Å². The fourth-order valence-corrected chi connectivity index (χ4v) is 1.83. The van der Waals surface area contributed by atoms with E-state index in [1.807, 2.05) is 19.1 Å². The topological polar surface area (TPSA) is 52.5 Å². The maximum Gasteiger partial charge on any atom is 0.118 e. The Labute approximate surface area is 103 Å². The number of aryl methyl sites for hydroxylation is 1. The molecule has 3 nitrogen and oxygen atoms in total. The van der Waals surface area contributed by atoms with Crippen molar-refractivity contribution in [2.75, 3.05) is 18.5 Å². The van der Waals surface area contributed by atoms with Crippen LogP contribution in [0.2, 0.25) is 0 Å². The number of anilines is 1. The van der Waals surface area contributed by atoms with E-state index in [1.165, 1.54) is 0 Å². The fraction of sp³-hybridized carbons (Fsp3) is 0.571. The molecule has 1 rings (SSSR count). The molecule has 17 heavy (non-hydrogen) atoms. The van der Waals surface area contributed by atoms with Crippen LogP contribution in [0.15, 0.2) is 18.2 Å². The molecule has 0 aliphatic heterocycles. The van der Waals surface area contributed by atoms with Gasteiger partial charge in [0.15, 0.2) is 0 Å². The largest absolute Gasteiger partial charge is 0.508 e. The minimum absolute atomic E-state index is 0.0498. The van der Waals surface area contributed by atoms with Crippen molar-refractivity contribution in [1.82, 2.24) is 0 Å². The molecule has 0 radical (unpaired) electrons. The highest BCUT2D eigenvalue weighted by atomic mass is 16.3. The molecule has 0 fully saturated rings. The molecule has 0 amide bonds. The highest BCUT2D eigenvalue weighted by molar-refractivity contribution is 5.50. The summed E-state index contributed by atoms with van der Waals surface area (Å²) in [4.78, 5) is 0. The molecule has 0 unspecified atom stereocenters. The van der Waals surface area contributed by atoms with Gasteiger partial charge in [0.05, 0.1) is 6.61 Å². The number of nitrogens with one attached hydrogen (secondary N) is 1. The Morgan fingerprint density at radius 3 is 2.35 bits per heavy atom. The Morgan fingerprint density at radius 1 is 1.24 bits per heavy atom. The van der Waals surface area contributed by atoms with Gasteiger partial charge >= 0.3 is 0 Å². The molecular formula is C14H23NO2. The number of phenolic OH excluding ortho intramolecular Hbond substituents is 1. The lowest BCUT2D eigenvalue weighted by Gasteiger charge is -2.30. The Balaban J connectivity index is 2.68. The van der Waals surface area contributed by atoms with Crippen molar-refractivity contribution in [3.63, 3.8) is 0 Å². The first-order chi connectivity index (χ1) is 8.06. The summed E-state index contributed by atoms with van der Waals surface area (Å²) in [6.07, 6.45) is 1.90. The van der Waals surface area contributed by atoms with E-state index in [0.29, 0.717) is 5.75 Å². The van der Waals surface area contributed by atoms with Crippen molar-refractivity contribution in [3.05, 3.63) is 23.8 Å². The van der Waals surface area contributed by atoms with Gasteiger partial charge in [-0.1, -0.05) is 13.8 Å². The van der Waals surface area contributed by atoms with E-state index >= 15 is 0 Å². The molecule has 0 saturated heterocycles. The number of hydrogen-bond acceptors (Lipinski definition) is 3. The zero-order chi connectivity index (χ0) is 12.9. The van der Waals surface area contributed by atoms with Gasteiger partial charge in [-0.3, -0.25) is 0 Å². The zero-order valence-electron chi connectivity index (χ0n) is 11.0. The van der Waals surface area contributed by atoms with E-state index in [0.717, 1.165) is 30.6 Å². The second-order valence-corrected chi connectivity index (χ2v) is 4.72. The number of benzene rings is 1. The van der Waals surface area contributed by atoms with Crippen LogP contribution in [0.25, 0.3) is 0 Å². The van der Waals surface area contributed by atoms with E-state index in [1.54, 1.807) is 6.07 Å². The van der Waals surface area contributed by atoms with Crippen LogP contribution in [0, 0.1) is 12.3 Å². The molecule has 0 atom stereocenters. The first-order valence-corrected chi connectivity index (χ1v) is 6.21. The summed E-state index contributed by atoms with van der Waals surface area (Å²) >= 11 is 0. The summed E-state index contributed by atoms with van der Waals surface area (Å²) in [5, 5.41) is 22.3. The molecule has 3 N–H and O–H groups in total. The lowest BCUT2D eigenvalue weighted by molar-refractivity contribution is 0.127. The quantitative estimate of drug-likeness (QED) is 0.667. The van der Waals surface area contributed by atoms with E-state index in [4.69, 9.17) is 0 Å². The molecule has 0 spiro atoms. The van der Waals surface area contributed by atoms with Crippen molar-refractivity contribution in [2.45, 2.75) is 33.6 Å². The van der Waals surface area contributed by atoms with Crippen molar-refractivity contribution in [2.24, 2.45) is 5.41 Å². The standard InChI is InChI=1S/C14H23NO2/c1-4-14(5-2,10-16)9-15-12-6-7-13(17)11(3)8-12/h6-8,15-17H,4-5,9-10H2,1-3H3. The summed E-state index contributed by atoms with van der Waals surface area (Å²) in [6.45, 7) is 7.02. The Bertz CT molecular complexity index is 351. The Morgan fingerprint density at radius 2 is 1.88 bits per heavy atom. The molecule has 1 aromatic rings. The van der Waals surface area contributed by atoms with Crippen LogP contribution in [0.3, 0.4) is 0 Å². The third-order valence-corrected chi connectivity index (χ3v) is 3.70. The van der Waals surface area contributed by atoms with Crippen LogP contribution in [0.4, 0.5) is 5.69 Å². The third kappa shape index (κ3) is 3.37. The maximum atomic E-state index is 9.47. The smallest absolute Gasteiger partial charge is 0.118 e. The van der Waals surface area contributed by atoms with Crippen LogP contribution >= 0.6 is 0 Å². The molecule has 0 bridgehead atoms. The second-order valence-electron chi connectivity index (χ2n) is 4.72. The minimum atomic E-state index is -0.0498. The molecule has 96 valence electrons. The van der Waals surface area contributed by atoms with Crippen molar-refractivity contribution < 1.29 is 10.2 Å². The van der Waals surface area contributed by atoms with Gasteiger partial charge in [0.25, 0.3) is 0 Å². The van der Waals surface area contributed by atoms with E-state index < -0.39 is 0 Å². The molecule has 0 heterocycles. The van der Waals surface area contributed by atoms with Crippen molar-refractivity contribution >= 4 is 5.69 Å². The number of hydrogen-bond donors (Lipinski definition) is 3. The molecule has 3 heteroatoms. The van der Waals surface area contributed by atoms with Crippen molar-refractivity contribution in [3.8, 4) is 5.75 Å². The SMILES string of the molecule is CCC(CC)(CO)CNc1ccc(O)c(C)c1. The summed E-state index contributed by atoms with van der Waals surface area (Å²) < 4.78 is 0. The summed E-state index contributed by atoms with van der Waals surface area (Å²) in [5.74, 6) is 0.315. The highest BCUT2D eigenvalue weighted by Crippen LogP contribution is 2.27. The van der Waals surface area contributed by atoms with Crippen LogP contribution in [-0.4, -0.2) is 23.4 Å². The van der Waals surface area contributed by atoms with Gasteiger partial charge < -0.3 is 15.5 Å². The predicted molar refractivity (Wildman–Crippen MR) is 71.4 cm³/mol. The average molecular weight is 237 g/mol. The summed E-state index contributed by atoms with van der Waals surface area (Å²) in [7, 11) is 0. The number of rotatable bonds is 6. The van der Waals surface area contributed by atoms with Crippen LogP contribution in [-0.2, 0) is 0 Å². The van der Waals surface area contributed by atoms with E-state index in [-0.39, 0.29) is 12.0 Å². The normalized spacial score (nSPS) is 11.5. The molecule has 0 aromatic heterocycles. The van der Waals surface area contributed by atoms with E-state index in [9.17, 15) is 10.2 Å². The highest BCUT2D eigenvalue weighted by Gasteiger charge is 2.24. The van der Waals surface area contributed by atoms with Gasteiger partial charge in [-0.15, -0.1) is 0 Å². The monoisotopic (exact) mass is 237 g/mol. The first-order valence-electron chi connectivity index (χ1n) is 6.21. The molecule has 0 aliphatic rings. The zero-order valence-corrected chi connectivity index (χ0v) is 11.0. The summed E-state index contributed by atoms with van der Waals surface area (Å²) in [5.41, 5.74) is 1.80. The lowest BCUT2D eigenvalue weighted by Crippen LogP contribution is -2.32. The van der Waals surface area contributed by atoms with Gasteiger partial charge in [0.1, 0.15) is 5.75 Å². The fourth-order valence-electron chi connectivity index (χ4n) is 1.83. The van der Waals surface area contributed by atoms with Crippen LogP contribution in [0.1, 0.15) is 32.3 Å². The molecular weight excluding hydrogens is 214 g/mol. The third-order valence-electron chi connectivity index (χ3n) is 3.70. The number of aromatic hydroxyl groups is 1.